The summed E-state index contributed by atoms with van der Waals surface area (Å²) in [5.41, 5.74) is 0. The molecule has 0 aromatic rings. The lowest BCUT2D eigenvalue weighted by Gasteiger charge is -2.35. The van der Waals surface area contributed by atoms with Crippen molar-refractivity contribution >= 4 is 5.91 Å². The van der Waals surface area contributed by atoms with E-state index in [-0.39, 0.29) is 18.1 Å². The van der Waals surface area contributed by atoms with Gasteiger partial charge >= 0.3 is 0 Å². The average Bonchev–Trinajstić information content (AvgIpc) is 2.12. The van der Waals surface area contributed by atoms with Crippen LogP contribution in [0, 0.1) is 0 Å². The fraction of sp³-hybridized carbons (Fsp3) is 0.900. The fourth-order valence-corrected chi connectivity index (χ4v) is 1.77. The van der Waals surface area contributed by atoms with Crippen molar-refractivity contribution in [2.24, 2.45) is 0 Å². The molecule has 0 aliphatic carbocycles. The average molecular weight is 200 g/mol. The molecular formula is C10H20N2O2. The van der Waals surface area contributed by atoms with Crippen LogP contribution in [0.25, 0.3) is 0 Å². The highest BCUT2D eigenvalue weighted by Crippen LogP contribution is 2.11. The zero-order valence-corrected chi connectivity index (χ0v) is 9.25. The highest BCUT2D eigenvalue weighted by molar-refractivity contribution is 5.76. The van der Waals surface area contributed by atoms with Gasteiger partial charge in [-0.1, -0.05) is 0 Å². The molecule has 1 aliphatic rings. The normalized spacial score (nSPS) is 27.8. The molecule has 14 heavy (non-hydrogen) atoms. The first-order chi connectivity index (χ1) is 6.63. The Balaban J connectivity index is 2.38. The third kappa shape index (κ3) is 3.27. The van der Waals surface area contributed by atoms with Crippen molar-refractivity contribution < 1.29 is 9.53 Å². The van der Waals surface area contributed by atoms with Crippen LogP contribution in [-0.4, -0.2) is 49.7 Å². The molecule has 1 N–H and O–H groups in total. The van der Waals surface area contributed by atoms with Gasteiger partial charge in [-0.25, -0.2) is 0 Å². The van der Waals surface area contributed by atoms with Crippen molar-refractivity contribution in [3.63, 3.8) is 0 Å². The molecule has 0 radical (unpaired) electrons. The Hall–Kier alpha value is -0.610. The second-order valence-electron chi connectivity index (χ2n) is 3.91. The standard InChI is InChI=1S/C10H20N2O2/c1-8-6-12(7-9(2)14-8)10(13)4-5-11-3/h8-9,11H,4-7H2,1-3H3/t8-,9+. The minimum absolute atomic E-state index is 0.164. The van der Waals surface area contributed by atoms with Gasteiger partial charge in [0, 0.05) is 26.1 Å². The molecule has 1 aliphatic heterocycles. The van der Waals surface area contributed by atoms with E-state index < -0.39 is 0 Å². The molecule has 0 unspecified atom stereocenters. The Bertz CT molecular complexity index is 187. The molecule has 1 saturated heterocycles. The summed E-state index contributed by atoms with van der Waals surface area (Å²) in [5, 5.41) is 2.98. The van der Waals surface area contributed by atoms with Crippen LogP contribution in [0.5, 0.6) is 0 Å². The van der Waals surface area contributed by atoms with Gasteiger partial charge in [0.05, 0.1) is 12.2 Å². The smallest absolute Gasteiger partial charge is 0.224 e. The van der Waals surface area contributed by atoms with Gasteiger partial charge in [-0.3, -0.25) is 4.79 Å². The summed E-state index contributed by atoms with van der Waals surface area (Å²) in [6.45, 7) is 6.22. The largest absolute Gasteiger partial charge is 0.372 e. The van der Waals surface area contributed by atoms with Gasteiger partial charge in [0.25, 0.3) is 0 Å². The molecular weight excluding hydrogens is 180 g/mol. The molecule has 0 bridgehead atoms. The molecule has 2 atom stereocenters. The van der Waals surface area contributed by atoms with Crippen LogP contribution in [0.4, 0.5) is 0 Å². The summed E-state index contributed by atoms with van der Waals surface area (Å²) in [4.78, 5) is 13.6. The van der Waals surface area contributed by atoms with Crippen molar-refractivity contribution in [2.75, 3.05) is 26.7 Å². The maximum Gasteiger partial charge on any atom is 0.224 e. The van der Waals surface area contributed by atoms with E-state index >= 15 is 0 Å². The number of rotatable bonds is 3. The monoisotopic (exact) mass is 200 g/mol. The van der Waals surface area contributed by atoms with Gasteiger partial charge in [-0.2, -0.15) is 0 Å². The second kappa shape index (κ2) is 5.32. The second-order valence-corrected chi connectivity index (χ2v) is 3.91. The first-order valence-electron chi connectivity index (χ1n) is 5.21. The van der Waals surface area contributed by atoms with Crippen LogP contribution >= 0.6 is 0 Å². The molecule has 1 amide bonds. The predicted molar refractivity (Wildman–Crippen MR) is 55.1 cm³/mol. The van der Waals surface area contributed by atoms with Crippen LogP contribution in [0.2, 0.25) is 0 Å². The van der Waals surface area contributed by atoms with Gasteiger partial charge in [0.2, 0.25) is 5.91 Å². The summed E-state index contributed by atoms with van der Waals surface area (Å²) in [6.07, 6.45) is 0.908. The lowest BCUT2D eigenvalue weighted by molar-refractivity contribution is -0.143. The van der Waals surface area contributed by atoms with E-state index in [4.69, 9.17) is 4.74 Å². The Morgan fingerprint density at radius 3 is 2.50 bits per heavy atom. The van der Waals surface area contributed by atoms with E-state index in [1.165, 1.54) is 0 Å². The molecule has 1 rings (SSSR count). The third-order valence-electron chi connectivity index (χ3n) is 2.36. The highest BCUT2D eigenvalue weighted by Gasteiger charge is 2.25. The molecule has 0 aromatic heterocycles. The van der Waals surface area contributed by atoms with Crippen LogP contribution in [0.15, 0.2) is 0 Å². The Kier molecular flexibility index (Phi) is 4.35. The summed E-state index contributed by atoms with van der Waals surface area (Å²) >= 11 is 0. The summed E-state index contributed by atoms with van der Waals surface area (Å²) in [6, 6.07) is 0. The summed E-state index contributed by atoms with van der Waals surface area (Å²) in [7, 11) is 1.86. The number of carbonyl (C=O) groups excluding carboxylic acids is 1. The van der Waals surface area contributed by atoms with Crippen LogP contribution in [0.3, 0.4) is 0 Å². The fourth-order valence-electron chi connectivity index (χ4n) is 1.77. The lowest BCUT2D eigenvalue weighted by atomic mass is 10.2. The summed E-state index contributed by atoms with van der Waals surface area (Å²) < 4.78 is 5.56. The Morgan fingerprint density at radius 1 is 1.43 bits per heavy atom. The number of nitrogens with one attached hydrogen (secondary N) is 1. The molecule has 1 heterocycles. The number of hydrogen-bond acceptors (Lipinski definition) is 3. The molecule has 1 fully saturated rings. The molecule has 82 valence electrons. The number of carbonyl (C=O) groups is 1. The van der Waals surface area contributed by atoms with Crippen molar-refractivity contribution in [3.05, 3.63) is 0 Å². The van der Waals surface area contributed by atoms with Crippen LogP contribution in [0.1, 0.15) is 20.3 Å². The Labute approximate surface area is 85.6 Å². The first kappa shape index (κ1) is 11.5. The number of hydrogen-bond donors (Lipinski definition) is 1. The third-order valence-corrected chi connectivity index (χ3v) is 2.36. The summed E-state index contributed by atoms with van der Waals surface area (Å²) in [5.74, 6) is 0.223. The maximum absolute atomic E-state index is 11.7. The zero-order valence-electron chi connectivity index (χ0n) is 9.25. The van der Waals surface area contributed by atoms with E-state index in [9.17, 15) is 4.79 Å². The van der Waals surface area contributed by atoms with Crippen molar-refractivity contribution in [3.8, 4) is 0 Å². The van der Waals surface area contributed by atoms with Crippen LogP contribution in [-0.2, 0) is 9.53 Å². The van der Waals surface area contributed by atoms with Gasteiger partial charge in [0.15, 0.2) is 0 Å². The molecule has 0 spiro atoms. The van der Waals surface area contributed by atoms with Crippen molar-refractivity contribution in [1.29, 1.82) is 0 Å². The number of amides is 1. The van der Waals surface area contributed by atoms with E-state index in [0.717, 1.165) is 19.6 Å². The quantitative estimate of drug-likeness (QED) is 0.709. The number of nitrogens with zero attached hydrogens (tertiary/aromatic N) is 1. The topological polar surface area (TPSA) is 41.6 Å². The van der Waals surface area contributed by atoms with Gasteiger partial charge in [-0.15, -0.1) is 0 Å². The molecule has 0 aromatic carbocycles. The Morgan fingerprint density at radius 2 is 2.00 bits per heavy atom. The zero-order chi connectivity index (χ0) is 10.6. The molecule has 4 nitrogen and oxygen atoms in total. The minimum Gasteiger partial charge on any atom is -0.372 e. The van der Waals surface area contributed by atoms with Crippen LogP contribution < -0.4 is 5.32 Å². The van der Waals surface area contributed by atoms with Gasteiger partial charge in [-0.05, 0) is 20.9 Å². The maximum atomic E-state index is 11.7. The van der Waals surface area contributed by atoms with E-state index in [0.29, 0.717) is 6.42 Å². The van der Waals surface area contributed by atoms with E-state index in [1.807, 2.05) is 25.8 Å². The van der Waals surface area contributed by atoms with E-state index in [1.54, 1.807) is 0 Å². The van der Waals surface area contributed by atoms with Gasteiger partial charge < -0.3 is 15.0 Å². The van der Waals surface area contributed by atoms with E-state index in [2.05, 4.69) is 5.32 Å². The predicted octanol–water partition coefficient (Wildman–Crippen LogP) is 0.232. The van der Waals surface area contributed by atoms with Crippen molar-refractivity contribution in [2.45, 2.75) is 32.5 Å². The minimum atomic E-state index is 0.164. The number of morpholine rings is 1. The molecule has 0 saturated carbocycles. The molecule has 4 heteroatoms. The highest BCUT2D eigenvalue weighted by atomic mass is 16.5. The van der Waals surface area contributed by atoms with Gasteiger partial charge in [0.1, 0.15) is 0 Å². The SMILES string of the molecule is CNCCC(=O)N1C[C@@H](C)O[C@@H](C)C1. The van der Waals surface area contributed by atoms with Crippen molar-refractivity contribution in [1.82, 2.24) is 10.2 Å². The number of ether oxygens (including phenoxy) is 1. The first-order valence-corrected chi connectivity index (χ1v) is 5.21. The lowest BCUT2D eigenvalue weighted by Crippen LogP contribution is -2.48.